The van der Waals surface area contributed by atoms with Crippen LogP contribution in [0.5, 0.6) is 5.75 Å². The number of benzene rings is 2. The lowest BCUT2D eigenvalue weighted by atomic mass is 10.1. The van der Waals surface area contributed by atoms with E-state index in [1.807, 2.05) is 36.4 Å². The molecule has 0 radical (unpaired) electrons. The lowest BCUT2D eigenvalue weighted by molar-refractivity contribution is 0.452. The van der Waals surface area contributed by atoms with Gasteiger partial charge in [-0.25, -0.2) is 0 Å². The van der Waals surface area contributed by atoms with Gasteiger partial charge in [0.15, 0.2) is 0 Å². The number of fused-ring (bicyclic) bond motifs is 1. The number of hydrogen-bond acceptors (Lipinski definition) is 2. The molecule has 0 amide bonds. The summed E-state index contributed by atoms with van der Waals surface area (Å²) in [4.78, 5) is 0. The molecular formula is C10H8BBrO2. The van der Waals surface area contributed by atoms with Gasteiger partial charge in [0.1, 0.15) is 5.75 Å². The average Bonchev–Trinajstić information content (AvgIpc) is 2.19. The van der Waals surface area contributed by atoms with Gasteiger partial charge in [-0.05, 0) is 38.8 Å². The quantitative estimate of drug-likeness (QED) is 0.829. The average molecular weight is 251 g/mol. The zero-order valence-electron chi connectivity index (χ0n) is 7.40. The molecule has 0 unspecified atom stereocenters. The fourth-order valence-corrected chi connectivity index (χ4v) is 1.85. The monoisotopic (exact) mass is 250 g/mol. The fourth-order valence-electron chi connectivity index (χ4n) is 1.37. The maximum absolute atomic E-state index is 8.67. The summed E-state index contributed by atoms with van der Waals surface area (Å²) in [5.74, 6) is 0.659. The van der Waals surface area contributed by atoms with Crippen LogP contribution in [0.4, 0.5) is 0 Å². The Morgan fingerprint density at radius 1 is 1.14 bits per heavy atom. The standard InChI is InChI=1S/C10H8BBrO2/c12-9-5-7-3-1-2-4-8(7)6-10(9)14-11-13/h1-6,11,13H. The third kappa shape index (κ3) is 1.76. The van der Waals surface area contributed by atoms with Gasteiger partial charge in [0, 0.05) is 0 Å². The van der Waals surface area contributed by atoms with Gasteiger partial charge in [0.05, 0.1) is 4.47 Å². The zero-order chi connectivity index (χ0) is 9.97. The molecule has 1 N–H and O–H groups in total. The van der Waals surface area contributed by atoms with Crippen LogP contribution in [0.2, 0.25) is 0 Å². The number of hydrogen-bond donors (Lipinski definition) is 1. The van der Waals surface area contributed by atoms with E-state index in [1.165, 1.54) is 0 Å². The van der Waals surface area contributed by atoms with Crippen LogP contribution in [-0.2, 0) is 0 Å². The Morgan fingerprint density at radius 3 is 2.43 bits per heavy atom. The van der Waals surface area contributed by atoms with E-state index >= 15 is 0 Å². The van der Waals surface area contributed by atoms with E-state index in [0.717, 1.165) is 15.2 Å². The molecule has 0 aliphatic heterocycles. The Balaban J connectivity index is 2.59. The normalized spacial score (nSPS) is 10.1. The van der Waals surface area contributed by atoms with Crippen LogP contribution in [-0.4, -0.2) is 12.7 Å². The maximum atomic E-state index is 8.67. The van der Waals surface area contributed by atoms with Crippen LogP contribution in [0, 0.1) is 0 Å². The van der Waals surface area contributed by atoms with Gasteiger partial charge < -0.3 is 9.68 Å². The highest BCUT2D eigenvalue weighted by Gasteiger charge is 2.02. The van der Waals surface area contributed by atoms with Crippen molar-refractivity contribution in [3.8, 4) is 5.75 Å². The Kier molecular flexibility index (Phi) is 2.75. The first-order chi connectivity index (χ1) is 6.81. The van der Waals surface area contributed by atoms with Crippen molar-refractivity contribution in [2.24, 2.45) is 0 Å². The minimum Gasteiger partial charge on any atom is -0.538 e. The van der Waals surface area contributed by atoms with E-state index in [9.17, 15) is 0 Å². The largest absolute Gasteiger partial charge is 0.538 e. The maximum Gasteiger partial charge on any atom is 0.504 e. The summed E-state index contributed by atoms with van der Waals surface area (Å²) >= 11 is 3.38. The van der Waals surface area contributed by atoms with Crippen LogP contribution in [0.15, 0.2) is 40.9 Å². The molecule has 2 nitrogen and oxygen atoms in total. The molecule has 0 fully saturated rings. The predicted octanol–water partition coefficient (Wildman–Crippen LogP) is 2.24. The van der Waals surface area contributed by atoms with Crippen LogP contribution >= 0.6 is 15.9 Å². The highest BCUT2D eigenvalue weighted by atomic mass is 79.9. The Bertz CT molecular complexity index is 459. The highest BCUT2D eigenvalue weighted by Crippen LogP contribution is 2.29. The first kappa shape index (κ1) is 9.56. The minimum atomic E-state index is -0.309. The van der Waals surface area contributed by atoms with E-state index < -0.39 is 0 Å². The van der Waals surface area contributed by atoms with Gasteiger partial charge in [-0.15, -0.1) is 0 Å². The molecule has 70 valence electrons. The Labute approximate surface area is 90.9 Å². The molecule has 0 bridgehead atoms. The first-order valence-electron chi connectivity index (χ1n) is 4.23. The van der Waals surface area contributed by atoms with Gasteiger partial charge in [0.2, 0.25) is 0 Å². The summed E-state index contributed by atoms with van der Waals surface area (Å²) in [5.41, 5.74) is 0. The Morgan fingerprint density at radius 2 is 1.79 bits per heavy atom. The van der Waals surface area contributed by atoms with Crippen molar-refractivity contribution in [2.75, 3.05) is 0 Å². The second kappa shape index (κ2) is 4.03. The summed E-state index contributed by atoms with van der Waals surface area (Å²) in [6.07, 6.45) is 0. The molecule has 14 heavy (non-hydrogen) atoms. The molecule has 0 heterocycles. The van der Waals surface area contributed by atoms with Crippen LogP contribution in [0.1, 0.15) is 0 Å². The molecule has 0 aromatic heterocycles. The van der Waals surface area contributed by atoms with Gasteiger partial charge in [0.25, 0.3) is 0 Å². The lowest BCUT2D eigenvalue weighted by Gasteiger charge is -2.06. The van der Waals surface area contributed by atoms with Crippen molar-refractivity contribution in [3.05, 3.63) is 40.9 Å². The second-order valence-corrected chi connectivity index (χ2v) is 3.76. The van der Waals surface area contributed by atoms with Crippen molar-refractivity contribution in [2.45, 2.75) is 0 Å². The summed E-state index contributed by atoms with van der Waals surface area (Å²) < 4.78 is 5.91. The zero-order valence-corrected chi connectivity index (χ0v) is 8.99. The minimum absolute atomic E-state index is 0.309. The second-order valence-electron chi connectivity index (χ2n) is 2.90. The molecule has 0 atom stereocenters. The smallest absolute Gasteiger partial charge is 0.504 e. The van der Waals surface area contributed by atoms with Crippen LogP contribution < -0.4 is 4.65 Å². The van der Waals surface area contributed by atoms with E-state index in [0.29, 0.717) is 5.75 Å². The first-order valence-corrected chi connectivity index (χ1v) is 5.02. The van der Waals surface area contributed by atoms with Crippen molar-refractivity contribution in [3.63, 3.8) is 0 Å². The molecule has 0 saturated carbocycles. The van der Waals surface area contributed by atoms with Gasteiger partial charge in [-0.3, -0.25) is 0 Å². The van der Waals surface area contributed by atoms with E-state index in [2.05, 4.69) is 15.9 Å². The molecule has 2 aromatic carbocycles. The molecule has 0 saturated heterocycles. The van der Waals surface area contributed by atoms with E-state index in [4.69, 9.17) is 9.68 Å². The number of rotatable bonds is 2. The van der Waals surface area contributed by atoms with Crippen molar-refractivity contribution < 1.29 is 9.68 Å². The molecule has 2 rings (SSSR count). The van der Waals surface area contributed by atoms with Crippen LogP contribution in [0.25, 0.3) is 10.8 Å². The molecular weight excluding hydrogens is 243 g/mol. The van der Waals surface area contributed by atoms with Crippen molar-refractivity contribution in [1.29, 1.82) is 0 Å². The number of halogens is 1. The molecule has 0 aliphatic rings. The lowest BCUT2D eigenvalue weighted by Crippen LogP contribution is -2.00. The molecule has 2 aromatic rings. The van der Waals surface area contributed by atoms with Gasteiger partial charge in [-0.2, -0.15) is 0 Å². The SMILES string of the molecule is OBOc1cc2ccccc2cc1Br. The molecule has 0 spiro atoms. The van der Waals surface area contributed by atoms with Crippen molar-refractivity contribution >= 4 is 34.4 Å². The third-order valence-corrected chi connectivity index (χ3v) is 2.64. The highest BCUT2D eigenvalue weighted by molar-refractivity contribution is 9.10. The summed E-state index contributed by atoms with van der Waals surface area (Å²) in [6, 6.07) is 11.9. The topological polar surface area (TPSA) is 29.5 Å². The van der Waals surface area contributed by atoms with Gasteiger partial charge in [-0.1, -0.05) is 24.3 Å². The predicted molar refractivity (Wildman–Crippen MR) is 61.6 cm³/mol. The van der Waals surface area contributed by atoms with Crippen molar-refractivity contribution in [1.82, 2.24) is 0 Å². The fraction of sp³-hybridized carbons (Fsp3) is 0. The van der Waals surface area contributed by atoms with E-state index in [-0.39, 0.29) is 7.69 Å². The molecule has 4 heteroatoms. The Hall–Kier alpha value is -0.995. The molecule has 0 aliphatic carbocycles. The summed E-state index contributed by atoms with van der Waals surface area (Å²) in [7, 11) is -0.309. The van der Waals surface area contributed by atoms with Gasteiger partial charge >= 0.3 is 7.69 Å². The van der Waals surface area contributed by atoms with E-state index in [1.54, 1.807) is 0 Å². The third-order valence-electron chi connectivity index (χ3n) is 2.02. The summed E-state index contributed by atoms with van der Waals surface area (Å²) in [5, 5.41) is 10.9. The summed E-state index contributed by atoms with van der Waals surface area (Å²) in [6.45, 7) is 0. The van der Waals surface area contributed by atoms with Crippen LogP contribution in [0.3, 0.4) is 0 Å².